The van der Waals surface area contributed by atoms with Gasteiger partial charge in [-0.2, -0.15) is 5.10 Å². The van der Waals surface area contributed by atoms with Crippen molar-refractivity contribution in [2.45, 2.75) is 32.4 Å². The number of carbonyl (C=O) groups is 1. The molecule has 1 aromatic carbocycles. The molecule has 1 fully saturated rings. The highest BCUT2D eigenvalue weighted by atomic mass is 16.5. The van der Waals surface area contributed by atoms with Gasteiger partial charge in [0.05, 0.1) is 19.3 Å². The SMILES string of the molecule is COc1ccc(C(C)N2CC(C(C)Oc3cccn4nccc34)CC2=O)cc1. The summed E-state index contributed by atoms with van der Waals surface area (Å²) in [7, 11) is 1.65. The van der Waals surface area contributed by atoms with Gasteiger partial charge in [-0.15, -0.1) is 0 Å². The summed E-state index contributed by atoms with van der Waals surface area (Å²) in [5.41, 5.74) is 2.04. The van der Waals surface area contributed by atoms with E-state index >= 15 is 0 Å². The van der Waals surface area contributed by atoms with E-state index in [0.717, 1.165) is 22.6 Å². The Balaban J connectivity index is 1.45. The van der Waals surface area contributed by atoms with Gasteiger partial charge in [-0.1, -0.05) is 12.1 Å². The third-order valence-corrected chi connectivity index (χ3v) is 5.63. The van der Waals surface area contributed by atoms with Crippen LogP contribution in [0.3, 0.4) is 0 Å². The molecular weight excluding hydrogens is 354 g/mol. The van der Waals surface area contributed by atoms with Crippen LogP contribution in [0.15, 0.2) is 54.9 Å². The smallest absolute Gasteiger partial charge is 0.223 e. The third kappa shape index (κ3) is 3.42. The van der Waals surface area contributed by atoms with E-state index in [1.54, 1.807) is 17.8 Å². The molecule has 3 aromatic rings. The molecular formula is C22H25N3O3. The van der Waals surface area contributed by atoms with Gasteiger partial charge in [0.2, 0.25) is 5.91 Å². The van der Waals surface area contributed by atoms with Crippen molar-refractivity contribution in [1.82, 2.24) is 14.5 Å². The lowest BCUT2D eigenvalue weighted by atomic mass is 10.0. The molecule has 3 atom stereocenters. The quantitative estimate of drug-likeness (QED) is 0.655. The van der Waals surface area contributed by atoms with Crippen molar-refractivity contribution in [3.05, 3.63) is 60.4 Å². The van der Waals surface area contributed by atoms with Crippen molar-refractivity contribution in [2.75, 3.05) is 13.7 Å². The third-order valence-electron chi connectivity index (χ3n) is 5.63. The molecule has 28 heavy (non-hydrogen) atoms. The minimum absolute atomic E-state index is 0.0221. The van der Waals surface area contributed by atoms with E-state index in [1.807, 2.05) is 60.5 Å². The lowest BCUT2D eigenvalue weighted by Gasteiger charge is -2.27. The normalized spacial score (nSPS) is 19.0. The van der Waals surface area contributed by atoms with Crippen molar-refractivity contribution in [3.63, 3.8) is 0 Å². The highest BCUT2D eigenvalue weighted by Crippen LogP contribution is 2.32. The molecule has 1 saturated heterocycles. The van der Waals surface area contributed by atoms with Crippen molar-refractivity contribution < 1.29 is 14.3 Å². The molecule has 0 saturated carbocycles. The number of fused-ring (bicyclic) bond motifs is 1. The first-order valence-electron chi connectivity index (χ1n) is 9.59. The first-order chi connectivity index (χ1) is 13.6. The fraction of sp³-hybridized carbons (Fsp3) is 0.364. The van der Waals surface area contributed by atoms with Gasteiger partial charge in [0.1, 0.15) is 23.1 Å². The maximum Gasteiger partial charge on any atom is 0.223 e. The number of benzene rings is 1. The zero-order chi connectivity index (χ0) is 19.7. The van der Waals surface area contributed by atoms with Crippen LogP contribution in [0.4, 0.5) is 0 Å². The van der Waals surface area contributed by atoms with E-state index in [9.17, 15) is 4.79 Å². The highest BCUT2D eigenvalue weighted by molar-refractivity contribution is 5.79. The molecule has 0 radical (unpaired) electrons. The summed E-state index contributed by atoms with van der Waals surface area (Å²) in [6.45, 7) is 4.80. The highest BCUT2D eigenvalue weighted by Gasteiger charge is 2.37. The molecule has 4 rings (SSSR count). The number of carbonyl (C=O) groups excluding carboxylic acids is 1. The minimum Gasteiger partial charge on any atom is -0.497 e. The van der Waals surface area contributed by atoms with Crippen LogP contribution in [0.1, 0.15) is 31.9 Å². The minimum atomic E-state index is -0.0712. The number of ether oxygens (including phenoxy) is 2. The Bertz CT molecular complexity index is 967. The molecule has 6 heteroatoms. The molecule has 3 heterocycles. The Hall–Kier alpha value is -3.02. The predicted octanol–water partition coefficient (Wildman–Crippen LogP) is 3.72. The van der Waals surface area contributed by atoms with E-state index in [-0.39, 0.29) is 24.0 Å². The fourth-order valence-electron chi connectivity index (χ4n) is 3.83. The molecule has 3 unspecified atom stereocenters. The number of methoxy groups -OCH3 is 1. The van der Waals surface area contributed by atoms with Crippen molar-refractivity contribution in [2.24, 2.45) is 5.92 Å². The summed E-state index contributed by atoms with van der Waals surface area (Å²) in [5, 5.41) is 4.24. The van der Waals surface area contributed by atoms with Gasteiger partial charge in [0.15, 0.2) is 0 Å². The largest absolute Gasteiger partial charge is 0.497 e. The Morgan fingerprint density at radius 2 is 1.93 bits per heavy atom. The number of aromatic nitrogens is 2. The number of hydrogen-bond donors (Lipinski definition) is 0. The molecule has 1 aliphatic heterocycles. The second-order valence-electron chi connectivity index (χ2n) is 7.32. The summed E-state index contributed by atoms with van der Waals surface area (Å²) in [6.07, 6.45) is 4.08. The molecule has 0 aliphatic carbocycles. The van der Waals surface area contributed by atoms with Gasteiger partial charge >= 0.3 is 0 Å². The number of rotatable bonds is 6. The first-order valence-corrected chi connectivity index (χ1v) is 9.59. The van der Waals surface area contributed by atoms with Crippen LogP contribution in [0, 0.1) is 5.92 Å². The molecule has 0 N–H and O–H groups in total. The Morgan fingerprint density at radius 1 is 1.14 bits per heavy atom. The maximum absolute atomic E-state index is 12.7. The molecule has 1 amide bonds. The van der Waals surface area contributed by atoms with E-state index in [2.05, 4.69) is 12.0 Å². The molecule has 0 bridgehead atoms. The lowest BCUT2D eigenvalue weighted by Crippen LogP contribution is -2.31. The van der Waals surface area contributed by atoms with Gasteiger partial charge in [-0.3, -0.25) is 4.79 Å². The summed E-state index contributed by atoms with van der Waals surface area (Å²) in [6, 6.07) is 13.7. The summed E-state index contributed by atoms with van der Waals surface area (Å²) < 4.78 is 13.2. The van der Waals surface area contributed by atoms with Gasteiger partial charge in [-0.05, 0) is 49.7 Å². The van der Waals surface area contributed by atoms with Crippen LogP contribution in [0.25, 0.3) is 5.52 Å². The van der Waals surface area contributed by atoms with E-state index < -0.39 is 0 Å². The molecule has 0 spiro atoms. The first kappa shape index (κ1) is 18.3. The second-order valence-corrected chi connectivity index (χ2v) is 7.32. The predicted molar refractivity (Wildman–Crippen MR) is 107 cm³/mol. The zero-order valence-corrected chi connectivity index (χ0v) is 16.4. The number of amides is 1. The van der Waals surface area contributed by atoms with Crippen molar-refractivity contribution in [3.8, 4) is 11.5 Å². The lowest BCUT2D eigenvalue weighted by molar-refractivity contribution is -0.129. The van der Waals surface area contributed by atoms with Crippen molar-refractivity contribution in [1.29, 1.82) is 0 Å². The van der Waals surface area contributed by atoms with Crippen LogP contribution < -0.4 is 9.47 Å². The van der Waals surface area contributed by atoms with E-state index in [1.165, 1.54) is 0 Å². The fourth-order valence-corrected chi connectivity index (χ4v) is 3.83. The van der Waals surface area contributed by atoms with Crippen LogP contribution in [-0.4, -0.2) is 40.2 Å². The molecule has 1 aliphatic rings. The van der Waals surface area contributed by atoms with E-state index in [0.29, 0.717) is 13.0 Å². The average molecular weight is 379 g/mol. The van der Waals surface area contributed by atoms with Crippen LogP contribution in [0.5, 0.6) is 11.5 Å². The number of hydrogen-bond acceptors (Lipinski definition) is 4. The zero-order valence-electron chi connectivity index (χ0n) is 16.4. The second kappa shape index (κ2) is 7.54. The molecule has 146 valence electrons. The summed E-state index contributed by atoms with van der Waals surface area (Å²) >= 11 is 0. The van der Waals surface area contributed by atoms with Gasteiger partial charge < -0.3 is 14.4 Å². The van der Waals surface area contributed by atoms with Crippen LogP contribution >= 0.6 is 0 Å². The standard InChI is InChI=1S/C22H25N3O3/c1-15(17-6-8-19(27-3)9-7-17)24-14-18(13-22(24)26)16(2)28-21-5-4-12-25-20(21)10-11-23-25/h4-12,15-16,18H,13-14H2,1-3H3. The molecule has 2 aromatic heterocycles. The van der Waals surface area contributed by atoms with Crippen LogP contribution in [-0.2, 0) is 4.79 Å². The Kier molecular flexibility index (Phi) is 4.94. The Labute approximate surface area is 164 Å². The Morgan fingerprint density at radius 3 is 2.68 bits per heavy atom. The van der Waals surface area contributed by atoms with Crippen LogP contribution in [0.2, 0.25) is 0 Å². The summed E-state index contributed by atoms with van der Waals surface area (Å²) in [4.78, 5) is 14.6. The van der Waals surface area contributed by atoms with Crippen molar-refractivity contribution >= 4 is 11.4 Å². The van der Waals surface area contributed by atoms with Gasteiger partial charge in [0, 0.05) is 25.1 Å². The number of likely N-dealkylation sites (tertiary alicyclic amines) is 1. The monoisotopic (exact) mass is 379 g/mol. The van der Waals surface area contributed by atoms with Gasteiger partial charge in [0.25, 0.3) is 0 Å². The maximum atomic E-state index is 12.7. The van der Waals surface area contributed by atoms with E-state index in [4.69, 9.17) is 9.47 Å². The van der Waals surface area contributed by atoms with Gasteiger partial charge in [-0.25, -0.2) is 4.52 Å². The summed E-state index contributed by atoms with van der Waals surface area (Å²) in [5.74, 6) is 1.93. The number of nitrogens with zero attached hydrogens (tertiary/aromatic N) is 3. The molecule has 6 nitrogen and oxygen atoms in total. The number of pyridine rings is 1. The topological polar surface area (TPSA) is 56.1 Å². The average Bonchev–Trinajstić information content (AvgIpc) is 3.35.